The fourth-order valence-electron chi connectivity index (χ4n) is 4.67. The molecule has 43 heavy (non-hydrogen) atoms. The van der Waals surface area contributed by atoms with Gasteiger partial charge in [-0.3, -0.25) is 15.2 Å². The van der Waals surface area contributed by atoms with Crippen LogP contribution < -0.4 is 0 Å². The maximum atomic E-state index is 13.0. The van der Waals surface area contributed by atoms with E-state index in [1.165, 1.54) is 0 Å². The summed E-state index contributed by atoms with van der Waals surface area (Å²) < 4.78 is 1.99. The minimum absolute atomic E-state index is 0.0907. The van der Waals surface area contributed by atoms with Gasteiger partial charge in [0.15, 0.2) is 5.15 Å². The Balaban J connectivity index is 1.35. The van der Waals surface area contributed by atoms with Gasteiger partial charge >= 0.3 is 0 Å². The molecule has 0 fully saturated rings. The fraction of sp³-hybridized carbons (Fsp3) is 0.233. The lowest BCUT2D eigenvalue weighted by Crippen LogP contribution is -2.16. The number of aryl methyl sites for hydroxylation is 1. The molecule has 12 nitrogen and oxygen atoms in total. The van der Waals surface area contributed by atoms with E-state index in [2.05, 4.69) is 32.2 Å². The van der Waals surface area contributed by atoms with Gasteiger partial charge in [0, 0.05) is 24.1 Å². The van der Waals surface area contributed by atoms with Gasteiger partial charge in [-0.2, -0.15) is 0 Å². The maximum absolute atomic E-state index is 13.0. The van der Waals surface area contributed by atoms with Crippen LogP contribution in [0, 0.1) is 0 Å². The van der Waals surface area contributed by atoms with E-state index in [9.17, 15) is 9.90 Å². The second kappa shape index (κ2) is 13.8. The van der Waals surface area contributed by atoms with Crippen molar-refractivity contribution in [3.05, 3.63) is 106 Å². The van der Waals surface area contributed by atoms with E-state index >= 15 is 0 Å². The number of carbonyl (C=O) groups is 1. The zero-order valence-electron chi connectivity index (χ0n) is 23.3. The molecule has 3 aromatic carbocycles. The summed E-state index contributed by atoms with van der Waals surface area (Å²) in [7, 11) is 0. The fourth-order valence-corrected chi connectivity index (χ4v) is 4.93. The number of aliphatic hydroxyl groups excluding tert-OH is 1. The van der Waals surface area contributed by atoms with Gasteiger partial charge in [0.05, 0.1) is 24.3 Å². The summed E-state index contributed by atoms with van der Waals surface area (Å²) in [4.78, 5) is 23.0. The first-order valence-electron chi connectivity index (χ1n) is 13.7. The summed E-state index contributed by atoms with van der Waals surface area (Å²) in [5, 5.41) is 39.7. The third-order valence-electron chi connectivity index (χ3n) is 6.92. The van der Waals surface area contributed by atoms with E-state index in [1.807, 2.05) is 53.1 Å². The summed E-state index contributed by atoms with van der Waals surface area (Å²) >= 11 is 6.31. The highest BCUT2D eigenvalue weighted by Crippen LogP contribution is 2.30. The molecule has 0 saturated carbocycles. The van der Waals surface area contributed by atoms with Crippen molar-refractivity contribution in [2.75, 3.05) is 0 Å². The van der Waals surface area contributed by atoms with Crippen molar-refractivity contribution in [2.24, 2.45) is 0 Å². The van der Waals surface area contributed by atoms with Crippen LogP contribution in [0.3, 0.4) is 0 Å². The van der Waals surface area contributed by atoms with Crippen LogP contribution in [0.5, 0.6) is 0 Å². The summed E-state index contributed by atoms with van der Waals surface area (Å²) in [5.41, 5.74) is 5.10. The molecule has 222 valence electrons. The van der Waals surface area contributed by atoms with E-state index in [-0.39, 0.29) is 18.6 Å². The lowest BCUT2D eigenvalue weighted by Gasteiger charge is -2.12. The van der Waals surface area contributed by atoms with E-state index in [0.29, 0.717) is 39.9 Å². The van der Waals surface area contributed by atoms with E-state index < -0.39 is 5.91 Å². The number of imidazole rings is 1. The topological polar surface area (TPSA) is 152 Å². The molecule has 5 aromatic rings. The van der Waals surface area contributed by atoms with Crippen LogP contribution in [0.25, 0.3) is 22.5 Å². The van der Waals surface area contributed by atoms with Gasteiger partial charge in [-0.05, 0) is 46.0 Å². The maximum Gasteiger partial charge on any atom is 0.297 e. The molecule has 3 N–H and O–H groups in total. The minimum Gasteiger partial charge on any atom is -0.390 e. The van der Waals surface area contributed by atoms with Crippen molar-refractivity contribution in [3.8, 4) is 22.5 Å². The Morgan fingerprint density at radius 3 is 2.35 bits per heavy atom. The highest BCUT2D eigenvalue weighted by atomic mass is 35.5. The smallest absolute Gasteiger partial charge is 0.297 e. The number of hydrogen-bond acceptors (Lipinski definition) is 10. The van der Waals surface area contributed by atoms with Crippen LogP contribution in [-0.2, 0) is 31.0 Å². The molecule has 2 heterocycles. The molecule has 0 atom stereocenters. The molecule has 0 aliphatic heterocycles. The summed E-state index contributed by atoms with van der Waals surface area (Å²) in [6, 6.07) is 22.0. The molecule has 0 aliphatic carbocycles. The molecule has 0 radical (unpaired) electrons. The Bertz CT molecular complexity index is 1680. The standard InChI is InChI=1S/C30H30ClN7O5/c1-2-3-8-27-32-28(31)26(18-39)36(27)17-20-9-13-22(14-10-20)24-6-4-5-7-25(24)29-33-35-37(34-29)30(40)23-15-11-21(12-16-23)19-43-38(41)42/h4-7,9-16,39,41-42H,2-3,8,17-19H2,1H3. The van der Waals surface area contributed by atoms with Gasteiger partial charge in [-0.25, -0.2) is 9.82 Å². The first-order chi connectivity index (χ1) is 20.9. The third kappa shape index (κ3) is 7.03. The molecule has 13 heteroatoms. The Hall–Kier alpha value is -4.30. The van der Waals surface area contributed by atoms with Gasteiger partial charge in [-0.1, -0.05) is 90.4 Å². The molecule has 0 spiro atoms. The number of carbonyl (C=O) groups excluding carboxylic acids is 1. The number of benzene rings is 3. The van der Waals surface area contributed by atoms with E-state index in [1.54, 1.807) is 24.3 Å². The molecule has 0 amide bonds. The van der Waals surface area contributed by atoms with Crippen molar-refractivity contribution < 1.29 is 25.2 Å². The van der Waals surface area contributed by atoms with Crippen molar-refractivity contribution >= 4 is 17.5 Å². The Labute approximate surface area is 252 Å². The highest BCUT2D eigenvalue weighted by Gasteiger charge is 2.18. The van der Waals surface area contributed by atoms with Gasteiger partial charge < -0.3 is 9.67 Å². The SMILES string of the molecule is CCCCc1nc(Cl)c(CO)n1Cc1ccc(-c2ccccc2-c2nnn(C(=O)c3ccc(CON(O)O)cc3)n2)cc1. The molecule has 2 aromatic heterocycles. The number of hydrogen-bond donors (Lipinski definition) is 3. The van der Waals surface area contributed by atoms with Crippen LogP contribution in [0.15, 0.2) is 72.8 Å². The van der Waals surface area contributed by atoms with E-state index in [0.717, 1.165) is 46.6 Å². The molecule has 0 saturated heterocycles. The molecule has 5 rings (SSSR count). The summed E-state index contributed by atoms with van der Waals surface area (Å²) in [6.45, 7) is 2.38. The monoisotopic (exact) mass is 603 g/mol. The third-order valence-corrected chi connectivity index (χ3v) is 7.23. The number of rotatable bonds is 12. The average Bonchev–Trinajstić information content (AvgIpc) is 3.63. The summed E-state index contributed by atoms with van der Waals surface area (Å²) in [6.07, 6.45) is 2.80. The second-order valence-electron chi connectivity index (χ2n) is 9.79. The van der Waals surface area contributed by atoms with Gasteiger partial charge in [0.2, 0.25) is 5.82 Å². The minimum atomic E-state index is -0.473. The normalized spacial score (nSPS) is 11.4. The zero-order chi connectivity index (χ0) is 30.3. The van der Waals surface area contributed by atoms with Crippen molar-refractivity contribution in [3.63, 3.8) is 0 Å². The number of aliphatic hydroxyl groups is 1. The van der Waals surface area contributed by atoms with Gasteiger partial charge in [0.25, 0.3) is 5.91 Å². The first kappa shape index (κ1) is 30.2. The van der Waals surface area contributed by atoms with Crippen LogP contribution in [-0.4, -0.2) is 56.6 Å². The Morgan fingerprint density at radius 2 is 1.67 bits per heavy atom. The van der Waals surface area contributed by atoms with Crippen LogP contribution >= 0.6 is 11.6 Å². The van der Waals surface area contributed by atoms with Crippen molar-refractivity contribution in [1.82, 2.24) is 35.1 Å². The Morgan fingerprint density at radius 1 is 0.977 bits per heavy atom. The molecule has 0 bridgehead atoms. The quantitative estimate of drug-likeness (QED) is 0.167. The van der Waals surface area contributed by atoms with Crippen molar-refractivity contribution in [1.29, 1.82) is 0 Å². The molecule has 0 unspecified atom stereocenters. The number of unbranched alkanes of at least 4 members (excludes halogenated alkanes) is 1. The van der Waals surface area contributed by atoms with Crippen LogP contribution in [0.2, 0.25) is 5.15 Å². The molecular weight excluding hydrogens is 574 g/mol. The van der Waals surface area contributed by atoms with Crippen LogP contribution in [0.4, 0.5) is 0 Å². The Kier molecular flexibility index (Phi) is 9.67. The number of halogens is 1. The second-order valence-corrected chi connectivity index (χ2v) is 10.1. The highest BCUT2D eigenvalue weighted by molar-refractivity contribution is 6.30. The lowest BCUT2D eigenvalue weighted by molar-refractivity contribution is -0.497. The van der Waals surface area contributed by atoms with Gasteiger partial charge in [0.1, 0.15) is 5.82 Å². The molecule has 0 aliphatic rings. The van der Waals surface area contributed by atoms with Gasteiger partial charge in [-0.15, -0.1) is 10.2 Å². The largest absolute Gasteiger partial charge is 0.390 e. The average molecular weight is 604 g/mol. The molecular formula is C30H30ClN7O5. The van der Waals surface area contributed by atoms with E-state index in [4.69, 9.17) is 22.0 Å². The number of nitrogens with zero attached hydrogens (tertiary/aromatic N) is 7. The first-order valence-corrected chi connectivity index (χ1v) is 14.0. The van der Waals surface area contributed by atoms with Crippen LogP contribution in [0.1, 0.15) is 52.8 Å². The lowest BCUT2D eigenvalue weighted by atomic mass is 9.98. The van der Waals surface area contributed by atoms with Crippen molar-refractivity contribution in [2.45, 2.75) is 45.9 Å². The predicted octanol–water partition coefficient (Wildman–Crippen LogP) is 4.94. The zero-order valence-corrected chi connectivity index (χ0v) is 24.1. The predicted molar refractivity (Wildman–Crippen MR) is 156 cm³/mol. The summed E-state index contributed by atoms with van der Waals surface area (Å²) in [5.74, 6) is 0.683. The number of aromatic nitrogens is 6. The number of tetrazole rings is 1.